The molecule has 0 fully saturated rings. The van der Waals surface area contributed by atoms with Gasteiger partial charge in [-0.2, -0.15) is 0 Å². The van der Waals surface area contributed by atoms with Gasteiger partial charge in [-0.05, 0) is 115 Å². The van der Waals surface area contributed by atoms with Crippen LogP contribution in [0.1, 0.15) is 62.8 Å². The zero-order valence-corrected chi connectivity index (χ0v) is 19.2. The molecule has 4 heteroatoms. The maximum Gasteiger partial charge on any atom is 0.129 e. The predicted molar refractivity (Wildman–Crippen MR) is 118 cm³/mol. The van der Waals surface area contributed by atoms with Crippen molar-refractivity contribution in [2.24, 2.45) is 0 Å². The Hall–Kier alpha value is -0.500. The molecule has 0 saturated carbocycles. The molecule has 2 aliphatic carbocycles. The van der Waals surface area contributed by atoms with Crippen LogP contribution in [0.3, 0.4) is 0 Å². The van der Waals surface area contributed by atoms with E-state index in [4.69, 9.17) is 0 Å². The number of aromatic hydroxyl groups is 2. The first kappa shape index (κ1) is 17.9. The minimum Gasteiger partial charge on any atom is -0.507 e. The molecule has 4 rings (SSSR count). The molecule has 0 bridgehead atoms. The Morgan fingerprint density at radius 1 is 0.680 bits per heavy atom. The van der Waals surface area contributed by atoms with Gasteiger partial charge >= 0.3 is 0 Å². The van der Waals surface area contributed by atoms with Crippen molar-refractivity contribution in [2.75, 3.05) is 0 Å². The summed E-state index contributed by atoms with van der Waals surface area (Å²) in [5.41, 5.74) is 5.08. The fraction of sp³-hybridized carbons (Fsp3) is 0.429. The molecular formula is C21H22I2O2. The van der Waals surface area contributed by atoms with E-state index in [1.165, 1.54) is 22.3 Å². The first-order valence-electron chi connectivity index (χ1n) is 8.55. The van der Waals surface area contributed by atoms with Crippen LogP contribution in [-0.4, -0.2) is 10.2 Å². The molecule has 2 N–H and O–H groups in total. The van der Waals surface area contributed by atoms with Crippen molar-refractivity contribution in [3.05, 3.63) is 53.7 Å². The average molecular weight is 560 g/mol. The molecule has 2 aliphatic rings. The first-order valence-corrected chi connectivity index (χ1v) is 10.7. The molecule has 0 atom stereocenters. The van der Waals surface area contributed by atoms with Crippen LogP contribution in [0.5, 0.6) is 11.5 Å². The molecule has 2 aromatic rings. The van der Waals surface area contributed by atoms with Gasteiger partial charge < -0.3 is 10.2 Å². The lowest BCUT2D eigenvalue weighted by Crippen LogP contribution is -2.26. The largest absolute Gasteiger partial charge is 0.507 e. The monoisotopic (exact) mass is 560 g/mol. The number of hydrogen-bond donors (Lipinski definition) is 2. The zero-order valence-electron chi connectivity index (χ0n) is 14.9. The number of rotatable bonds is 0. The van der Waals surface area contributed by atoms with Crippen LogP contribution in [-0.2, 0) is 16.2 Å². The Bertz CT molecular complexity index is 837. The van der Waals surface area contributed by atoms with Gasteiger partial charge in [0.2, 0.25) is 0 Å². The number of phenols is 2. The lowest BCUT2D eigenvalue weighted by Gasteiger charge is -2.30. The molecule has 0 aliphatic heterocycles. The molecule has 0 unspecified atom stereocenters. The van der Waals surface area contributed by atoms with Crippen LogP contribution >= 0.6 is 45.2 Å². The van der Waals surface area contributed by atoms with Gasteiger partial charge in [0.25, 0.3) is 0 Å². The van der Waals surface area contributed by atoms with Crippen molar-refractivity contribution >= 4 is 45.2 Å². The van der Waals surface area contributed by atoms with E-state index < -0.39 is 0 Å². The third-order valence-corrected chi connectivity index (χ3v) is 7.88. The number of hydrogen-bond acceptors (Lipinski definition) is 2. The molecule has 0 amide bonds. The summed E-state index contributed by atoms with van der Waals surface area (Å²) in [6.45, 7) is 9.19. The Morgan fingerprint density at radius 2 is 1.04 bits per heavy atom. The van der Waals surface area contributed by atoms with Crippen LogP contribution < -0.4 is 0 Å². The van der Waals surface area contributed by atoms with Gasteiger partial charge in [-0.15, -0.1) is 0 Å². The van der Waals surface area contributed by atoms with Crippen LogP contribution in [0.15, 0.2) is 24.3 Å². The van der Waals surface area contributed by atoms with E-state index in [9.17, 15) is 10.2 Å². The van der Waals surface area contributed by atoms with Gasteiger partial charge in [0.15, 0.2) is 0 Å². The number of halogens is 2. The average Bonchev–Trinajstić information content (AvgIpc) is 2.82. The highest BCUT2D eigenvalue weighted by molar-refractivity contribution is 14.1. The molecule has 2 nitrogen and oxygen atoms in total. The predicted octanol–water partition coefficient (Wildman–Crippen LogP) is 5.96. The molecule has 0 aromatic heterocycles. The SMILES string of the molecule is CC1(C)CC2(CC(C)(C)c3cc(I)c(O)cc32)c2cc(O)c(I)cc21. The molecular weight excluding hydrogens is 538 g/mol. The van der Waals surface area contributed by atoms with Gasteiger partial charge in [0, 0.05) is 5.41 Å². The van der Waals surface area contributed by atoms with Crippen molar-refractivity contribution in [1.82, 2.24) is 0 Å². The van der Waals surface area contributed by atoms with Crippen LogP contribution in [0.4, 0.5) is 0 Å². The Morgan fingerprint density at radius 3 is 1.40 bits per heavy atom. The third kappa shape index (κ3) is 2.38. The Labute approximate surface area is 176 Å². The van der Waals surface area contributed by atoms with Crippen molar-refractivity contribution in [3.8, 4) is 11.5 Å². The van der Waals surface area contributed by atoms with Crippen molar-refractivity contribution in [3.63, 3.8) is 0 Å². The minimum atomic E-state index is -0.138. The summed E-state index contributed by atoms with van der Waals surface area (Å²) in [5.74, 6) is 0.717. The summed E-state index contributed by atoms with van der Waals surface area (Å²) in [6, 6.07) is 8.26. The van der Waals surface area contributed by atoms with E-state index in [-0.39, 0.29) is 16.2 Å². The van der Waals surface area contributed by atoms with E-state index in [0.29, 0.717) is 11.5 Å². The van der Waals surface area contributed by atoms with E-state index in [1.54, 1.807) is 0 Å². The van der Waals surface area contributed by atoms with E-state index in [1.807, 2.05) is 12.1 Å². The van der Waals surface area contributed by atoms with Gasteiger partial charge in [-0.1, -0.05) is 27.7 Å². The second-order valence-corrected chi connectivity index (χ2v) is 11.2. The van der Waals surface area contributed by atoms with Crippen molar-refractivity contribution in [1.29, 1.82) is 0 Å². The first-order chi connectivity index (χ1) is 11.5. The summed E-state index contributed by atoms with van der Waals surface area (Å²) in [7, 11) is 0. The minimum absolute atomic E-state index is 0.0409. The second kappa shape index (κ2) is 5.27. The Kier molecular flexibility index (Phi) is 3.77. The highest BCUT2D eigenvalue weighted by Gasteiger charge is 2.56. The molecule has 25 heavy (non-hydrogen) atoms. The highest BCUT2D eigenvalue weighted by Crippen LogP contribution is 2.63. The summed E-state index contributed by atoms with van der Waals surface area (Å²) < 4.78 is 1.81. The summed E-state index contributed by atoms with van der Waals surface area (Å²) >= 11 is 4.42. The fourth-order valence-corrected chi connectivity index (χ4v) is 6.26. The van der Waals surface area contributed by atoms with Gasteiger partial charge in [-0.3, -0.25) is 0 Å². The standard InChI is InChI=1S/C21H22I2O2/c1-19(2)9-21(13-7-17(24)15(22)5-11(13)19)10-20(3,4)12-6-16(23)18(25)8-14(12)21/h5-8,24-25H,9-10H2,1-4H3. The Balaban J connectivity index is 2.07. The molecule has 2 aromatic carbocycles. The van der Waals surface area contributed by atoms with Crippen LogP contribution in [0, 0.1) is 7.14 Å². The number of benzene rings is 2. The summed E-state index contributed by atoms with van der Waals surface area (Å²) in [5, 5.41) is 20.8. The number of fused-ring (bicyclic) bond motifs is 4. The van der Waals surface area contributed by atoms with Crippen LogP contribution in [0.2, 0.25) is 0 Å². The highest BCUT2D eigenvalue weighted by atomic mass is 127. The lowest BCUT2D eigenvalue weighted by molar-refractivity contribution is 0.348. The molecule has 0 radical (unpaired) electrons. The summed E-state index contributed by atoms with van der Waals surface area (Å²) in [6.07, 6.45) is 2.01. The van der Waals surface area contributed by atoms with E-state index in [0.717, 1.165) is 20.0 Å². The quantitative estimate of drug-likeness (QED) is 0.391. The topological polar surface area (TPSA) is 40.5 Å². The molecule has 0 heterocycles. The van der Waals surface area contributed by atoms with Gasteiger partial charge in [-0.25, -0.2) is 0 Å². The number of phenolic OH excluding ortho intramolecular Hbond substituents is 2. The smallest absolute Gasteiger partial charge is 0.129 e. The van der Waals surface area contributed by atoms with E-state index in [2.05, 4.69) is 85.0 Å². The van der Waals surface area contributed by atoms with E-state index >= 15 is 0 Å². The maximum atomic E-state index is 10.4. The van der Waals surface area contributed by atoms with Crippen molar-refractivity contribution in [2.45, 2.75) is 56.8 Å². The molecule has 1 spiro atoms. The van der Waals surface area contributed by atoms with Gasteiger partial charge in [0.1, 0.15) is 11.5 Å². The molecule has 0 saturated heterocycles. The normalized spacial score (nSPS) is 21.4. The van der Waals surface area contributed by atoms with Crippen LogP contribution in [0.25, 0.3) is 0 Å². The second-order valence-electron chi connectivity index (χ2n) is 8.90. The summed E-state index contributed by atoms with van der Waals surface area (Å²) in [4.78, 5) is 0. The van der Waals surface area contributed by atoms with Gasteiger partial charge in [0.05, 0.1) is 7.14 Å². The third-order valence-electron chi connectivity index (χ3n) is 6.15. The fourth-order valence-electron chi connectivity index (χ4n) is 5.32. The maximum absolute atomic E-state index is 10.4. The zero-order chi connectivity index (χ0) is 18.4. The molecule has 132 valence electrons. The lowest BCUT2D eigenvalue weighted by atomic mass is 9.72. The van der Waals surface area contributed by atoms with Crippen molar-refractivity contribution < 1.29 is 10.2 Å².